The minimum atomic E-state index is -0.587. The predicted molar refractivity (Wildman–Crippen MR) is 156 cm³/mol. The summed E-state index contributed by atoms with van der Waals surface area (Å²) in [7, 11) is 0. The molecule has 5 heteroatoms. The van der Waals surface area contributed by atoms with Crippen LogP contribution in [0.4, 0.5) is 0 Å². The van der Waals surface area contributed by atoms with Gasteiger partial charge in [-0.1, -0.05) is 103 Å². The molecular weight excluding hydrogens is 476 g/mol. The van der Waals surface area contributed by atoms with Crippen molar-refractivity contribution in [2.45, 2.75) is 59.4 Å². The summed E-state index contributed by atoms with van der Waals surface area (Å²) in [5.41, 5.74) is 6.88. The molecule has 3 aromatic carbocycles. The Bertz CT molecular complexity index is 1160. The van der Waals surface area contributed by atoms with Crippen LogP contribution in [0.5, 0.6) is 0 Å². The van der Waals surface area contributed by atoms with E-state index in [2.05, 4.69) is 57.3 Å². The maximum atomic E-state index is 13.8. The van der Waals surface area contributed by atoms with Crippen molar-refractivity contribution in [1.29, 1.82) is 0 Å². The van der Waals surface area contributed by atoms with E-state index in [0.29, 0.717) is 31.2 Å². The van der Waals surface area contributed by atoms with Crippen LogP contribution in [-0.4, -0.2) is 35.1 Å². The van der Waals surface area contributed by atoms with Crippen LogP contribution in [0.15, 0.2) is 72.8 Å². The van der Waals surface area contributed by atoms with Crippen LogP contribution in [0.1, 0.15) is 47.2 Å². The SMILES string of the molecule is Cc1cc(C)cc(CSCC(=O)N(Cc2cccc(C)c2)C(Cc2ccccc2)C(=O)NCC(C)C)c1. The Hall–Kier alpha value is -3.05. The van der Waals surface area contributed by atoms with Gasteiger partial charge in [0.1, 0.15) is 6.04 Å². The van der Waals surface area contributed by atoms with Gasteiger partial charge in [-0.15, -0.1) is 11.8 Å². The molecule has 0 aromatic heterocycles. The second kappa shape index (κ2) is 14.0. The molecule has 0 bridgehead atoms. The second-order valence-corrected chi connectivity index (χ2v) is 11.3. The van der Waals surface area contributed by atoms with Crippen molar-refractivity contribution in [3.05, 3.63) is 106 Å². The molecule has 0 aliphatic rings. The van der Waals surface area contributed by atoms with Gasteiger partial charge in [0.2, 0.25) is 11.8 Å². The monoisotopic (exact) mass is 516 g/mol. The zero-order valence-corrected chi connectivity index (χ0v) is 23.6. The lowest BCUT2D eigenvalue weighted by atomic mass is 10.0. The molecule has 1 atom stereocenters. The van der Waals surface area contributed by atoms with Gasteiger partial charge in [0.05, 0.1) is 5.75 Å². The molecule has 1 unspecified atom stereocenters. The van der Waals surface area contributed by atoms with Crippen LogP contribution in [0.3, 0.4) is 0 Å². The Morgan fingerprint density at radius 2 is 1.46 bits per heavy atom. The van der Waals surface area contributed by atoms with Crippen molar-refractivity contribution in [2.75, 3.05) is 12.3 Å². The molecule has 3 aromatic rings. The van der Waals surface area contributed by atoms with Crippen LogP contribution >= 0.6 is 11.8 Å². The van der Waals surface area contributed by atoms with Crippen LogP contribution in [0.25, 0.3) is 0 Å². The predicted octanol–water partition coefficient (Wildman–Crippen LogP) is 6.26. The van der Waals surface area contributed by atoms with E-state index in [1.807, 2.05) is 55.5 Å². The Labute approximate surface area is 226 Å². The number of thioether (sulfide) groups is 1. The van der Waals surface area contributed by atoms with E-state index in [1.165, 1.54) is 16.7 Å². The van der Waals surface area contributed by atoms with E-state index in [-0.39, 0.29) is 11.8 Å². The highest BCUT2D eigenvalue weighted by Gasteiger charge is 2.30. The summed E-state index contributed by atoms with van der Waals surface area (Å²) in [5, 5.41) is 3.09. The summed E-state index contributed by atoms with van der Waals surface area (Å²) in [5.74, 6) is 1.29. The molecule has 1 N–H and O–H groups in total. The number of nitrogens with one attached hydrogen (secondary N) is 1. The fourth-order valence-corrected chi connectivity index (χ4v) is 5.32. The van der Waals surface area contributed by atoms with Gasteiger partial charge in [0, 0.05) is 25.3 Å². The first-order chi connectivity index (χ1) is 17.7. The third-order valence-corrected chi connectivity index (χ3v) is 7.16. The first-order valence-corrected chi connectivity index (χ1v) is 14.2. The van der Waals surface area contributed by atoms with Crippen molar-refractivity contribution < 1.29 is 9.59 Å². The Kier molecular flexibility index (Phi) is 10.8. The number of amides is 2. The minimum Gasteiger partial charge on any atom is -0.354 e. The average molecular weight is 517 g/mol. The Balaban J connectivity index is 1.85. The zero-order chi connectivity index (χ0) is 26.8. The quantitative estimate of drug-likeness (QED) is 0.309. The molecule has 0 saturated heterocycles. The largest absolute Gasteiger partial charge is 0.354 e. The van der Waals surface area contributed by atoms with Crippen LogP contribution in [0, 0.1) is 26.7 Å². The van der Waals surface area contributed by atoms with Crippen molar-refractivity contribution in [3.8, 4) is 0 Å². The maximum Gasteiger partial charge on any atom is 0.243 e. The van der Waals surface area contributed by atoms with Crippen molar-refractivity contribution in [2.24, 2.45) is 5.92 Å². The second-order valence-electron chi connectivity index (χ2n) is 10.3. The van der Waals surface area contributed by atoms with Gasteiger partial charge in [-0.25, -0.2) is 0 Å². The molecule has 0 fully saturated rings. The van der Waals surface area contributed by atoms with E-state index in [1.54, 1.807) is 16.7 Å². The molecule has 0 aliphatic carbocycles. The van der Waals surface area contributed by atoms with Gasteiger partial charge in [-0.3, -0.25) is 9.59 Å². The molecule has 0 heterocycles. The highest BCUT2D eigenvalue weighted by atomic mass is 32.2. The lowest BCUT2D eigenvalue weighted by molar-refractivity contribution is -0.139. The number of carbonyl (C=O) groups excluding carboxylic acids is 2. The Morgan fingerprint density at radius 1 is 0.811 bits per heavy atom. The van der Waals surface area contributed by atoms with Gasteiger partial charge in [-0.2, -0.15) is 0 Å². The summed E-state index contributed by atoms with van der Waals surface area (Å²) in [6.07, 6.45) is 0.476. The van der Waals surface area contributed by atoms with Gasteiger partial charge < -0.3 is 10.2 Å². The molecular formula is C32H40N2O2S. The number of carbonyl (C=O) groups is 2. The summed E-state index contributed by atoms with van der Waals surface area (Å²) < 4.78 is 0. The lowest BCUT2D eigenvalue weighted by Crippen LogP contribution is -2.51. The van der Waals surface area contributed by atoms with Crippen molar-refractivity contribution in [1.82, 2.24) is 10.2 Å². The smallest absolute Gasteiger partial charge is 0.243 e. The third kappa shape index (κ3) is 9.40. The minimum absolute atomic E-state index is 0.0171. The van der Waals surface area contributed by atoms with E-state index < -0.39 is 6.04 Å². The Morgan fingerprint density at radius 3 is 2.11 bits per heavy atom. The normalized spacial score (nSPS) is 11.8. The van der Waals surface area contributed by atoms with E-state index in [9.17, 15) is 9.59 Å². The summed E-state index contributed by atoms with van der Waals surface area (Å²) in [4.78, 5) is 29.1. The topological polar surface area (TPSA) is 49.4 Å². The number of rotatable bonds is 12. The number of hydrogen-bond donors (Lipinski definition) is 1. The molecule has 2 amide bonds. The standard InChI is InChI=1S/C32H40N2O2S/c1-23(2)19-33-32(36)30(18-27-11-7-6-8-12-27)34(20-28-13-9-10-24(3)15-28)31(35)22-37-21-29-16-25(4)14-26(5)17-29/h6-17,23,30H,18-22H2,1-5H3,(H,33,36). The number of benzene rings is 3. The van der Waals surface area contributed by atoms with E-state index >= 15 is 0 Å². The molecule has 3 rings (SSSR count). The van der Waals surface area contributed by atoms with Crippen LogP contribution < -0.4 is 5.32 Å². The molecule has 196 valence electrons. The van der Waals surface area contributed by atoms with E-state index in [4.69, 9.17) is 0 Å². The van der Waals surface area contributed by atoms with Gasteiger partial charge in [-0.05, 0) is 43.4 Å². The third-order valence-electron chi connectivity index (χ3n) is 6.17. The highest BCUT2D eigenvalue weighted by molar-refractivity contribution is 7.99. The number of hydrogen-bond acceptors (Lipinski definition) is 3. The lowest BCUT2D eigenvalue weighted by Gasteiger charge is -2.32. The van der Waals surface area contributed by atoms with Gasteiger partial charge >= 0.3 is 0 Å². The molecule has 0 radical (unpaired) electrons. The molecule has 0 spiro atoms. The summed E-state index contributed by atoms with van der Waals surface area (Å²) in [6.45, 7) is 11.4. The van der Waals surface area contributed by atoms with Gasteiger partial charge in [0.25, 0.3) is 0 Å². The highest BCUT2D eigenvalue weighted by Crippen LogP contribution is 2.20. The van der Waals surface area contributed by atoms with Crippen molar-refractivity contribution >= 4 is 23.6 Å². The first-order valence-electron chi connectivity index (χ1n) is 13.0. The molecule has 0 saturated carbocycles. The van der Waals surface area contributed by atoms with E-state index in [0.717, 1.165) is 22.4 Å². The first kappa shape index (κ1) is 28.5. The molecule has 37 heavy (non-hydrogen) atoms. The fourth-order valence-electron chi connectivity index (χ4n) is 4.48. The molecule has 4 nitrogen and oxygen atoms in total. The van der Waals surface area contributed by atoms with Crippen molar-refractivity contribution in [3.63, 3.8) is 0 Å². The zero-order valence-electron chi connectivity index (χ0n) is 22.8. The number of aryl methyl sites for hydroxylation is 3. The fraction of sp³-hybridized carbons (Fsp3) is 0.375. The maximum absolute atomic E-state index is 13.8. The van der Waals surface area contributed by atoms with Crippen LogP contribution in [0.2, 0.25) is 0 Å². The van der Waals surface area contributed by atoms with Gasteiger partial charge in [0.15, 0.2) is 0 Å². The average Bonchev–Trinajstić information content (AvgIpc) is 2.84. The summed E-state index contributed by atoms with van der Waals surface area (Å²) in [6, 6.07) is 24.1. The number of nitrogens with zero attached hydrogens (tertiary/aromatic N) is 1. The summed E-state index contributed by atoms with van der Waals surface area (Å²) >= 11 is 1.60. The molecule has 0 aliphatic heterocycles. The van der Waals surface area contributed by atoms with Crippen LogP contribution in [-0.2, 0) is 28.3 Å².